The Morgan fingerprint density at radius 2 is 2.08 bits per heavy atom. The molecule has 0 aliphatic carbocycles. The number of carboxylic acids is 1. The smallest absolute Gasteiger partial charge is 0.326 e. The average molecular weight is 344 g/mol. The lowest BCUT2D eigenvalue weighted by Crippen LogP contribution is -2.42. The Balaban J connectivity index is 1.62. The minimum absolute atomic E-state index is 0.0697. The number of aryl methyl sites for hydroxylation is 1. The molecule has 1 aromatic rings. The predicted octanol–water partition coefficient (Wildman–Crippen LogP) is 1.18. The second-order valence-corrected chi connectivity index (χ2v) is 7.44. The topological polar surface area (TPSA) is 89.6 Å². The summed E-state index contributed by atoms with van der Waals surface area (Å²) in [6.45, 7) is 4.57. The van der Waals surface area contributed by atoms with Crippen molar-refractivity contribution in [1.29, 1.82) is 5.26 Å². The molecule has 1 N–H and O–H groups in total. The molecule has 2 fully saturated rings. The van der Waals surface area contributed by atoms with Crippen molar-refractivity contribution in [3.05, 3.63) is 23.5 Å². The zero-order chi connectivity index (χ0) is 18.2. The number of amides is 1. The largest absolute Gasteiger partial charge is 0.480 e. The molecule has 2 aliphatic rings. The van der Waals surface area contributed by atoms with Crippen molar-refractivity contribution in [3.8, 4) is 6.07 Å². The molecule has 25 heavy (non-hydrogen) atoms. The molecule has 7 nitrogen and oxygen atoms in total. The molecule has 1 aromatic heterocycles. The first-order valence-corrected chi connectivity index (χ1v) is 8.61. The van der Waals surface area contributed by atoms with E-state index in [0.29, 0.717) is 18.7 Å². The van der Waals surface area contributed by atoms with E-state index < -0.39 is 12.0 Å². The molecule has 3 heterocycles. The summed E-state index contributed by atoms with van der Waals surface area (Å²) in [5, 5.41) is 18.5. The van der Waals surface area contributed by atoms with Crippen LogP contribution in [0.4, 0.5) is 0 Å². The molecular formula is C18H24N4O3. The van der Waals surface area contributed by atoms with Crippen molar-refractivity contribution in [2.75, 3.05) is 19.6 Å². The molecule has 7 heteroatoms. The number of hydrogen-bond donors (Lipinski definition) is 1. The number of likely N-dealkylation sites (tertiary alicyclic amines) is 2. The monoisotopic (exact) mass is 344 g/mol. The standard InChI is InChI=1S/C18H24N4O3/c1-13(23)22-12-18(8-16(22)17(24)25)3-5-21(6-4-18)11-14-7-15(9-19)20(2)10-14/h7,10,16H,3-6,8,11-12H2,1-2H3,(H,24,25)/t16-/m1/s1. The van der Waals surface area contributed by atoms with E-state index >= 15 is 0 Å². The summed E-state index contributed by atoms with van der Waals surface area (Å²) < 4.78 is 1.83. The Hall–Kier alpha value is -2.33. The molecule has 0 radical (unpaired) electrons. The Morgan fingerprint density at radius 1 is 1.40 bits per heavy atom. The van der Waals surface area contributed by atoms with Crippen LogP contribution in [0.1, 0.15) is 37.4 Å². The third-order valence-electron chi connectivity index (χ3n) is 5.70. The predicted molar refractivity (Wildman–Crippen MR) is 90.5 cm³/mol. The van der Waals surface area contributed by atoms with E-state index in [-0.39, 0.29) is 11.3 Å². The fraction of sp³-hybridized carbons (Fsp3) is 0.611. The number of nitriles is 1. The van der Waals surface area contributed by atoms with Gasteiger partial charge in [-0.25, -0.2) is 4.79 Å². The van der Waals surface area contributed by atoms with Crippen molar-refractivity contribution in [1.82, 2.24) is 14.4 Å². The SMILES string of the molecule is CC(=O)N1CC2(CCN(Cc3cc(C#N)n(C)c3)CC2)C[C@@H]1C(=O)O. The van der Waals surface area contributed by atoms with E-state index in [0.717, 1.165) is 38.0 Å². The van der Waals surface area contributed by atoms with Crippen molar-refractivity contribution in [2.24, 2.45) is 12.5 Å². The highest BCUT2D eigenvalue weighted by molar-refractivity contribution is 5.83. The van der Waals surface area contributed by atoms with E-state index in [1.54, 1.807) is 0 Å². The number of nitrogens with zero attached hydrogens (tertiary/aromatic N) is 4. The van der Waals surface area contributed by atoms with Gasteiger partial charge in [0.25, 0.3) is 0 Å². The lowest BCUT2D eigenvalue weighted by Gasteiger charge is -2.39. The van der Waals surface area contributed by atoms with Crippen LogP contribution in [0.2, 0.25) is 0 Å². The maximum Gasteiger partial charge on any atom is 0.326 e. The van der Waals surface area contributed by atoms with Gasteiger partial charge in [-0.1, -0.05) is 0 Å². The Kier molecular flexibility index (Phi) is 4.56. The molecule has 1 amide bonds. The quantitative estimate of drug-likeness (QED) is 0.889. The molecule has 2 saturated heterocycles. The maximum absolute atomic E-state index is 11.8. The fourth-order valence-electron chi connectivity index (χ4n) is 4.24. The molecule has 3 rings (SSSR count). The van der Waals surface area contributed by atoms with Gasteiger partial charge in [0.05, 0.1) is 0 Å². The van der Waals surface area contributed by atoms with Gasteiger partial charge < -0.3 is 14.6 Å². The van der Waals surface area contributed by atoms with Crippen LogP contribution in [-0.4, -0.2) is 57.0 Å². The number of carbonyl (C=O) groups is 2. The number of carboxylic acid groups (broad SMARTS) is 1. The van der Waals surface area contributed by atoms with Gasteiger partial charge >= 0.3 is 5.97 Å². The minimum Gasteiger partial charge on any atom is -0.480 e. The van der Waals surface area contributed by atoms with Crippen LogP contribution in [0.5, 0.6) is 0 Å². The van der Waals surface area contributed by atoms with Gasteiger partial charge in [0.2, 0.25) is 5.91 Å². The number of piperidine rings is 1. The van der Waals surface area contributed by atoms with Crippen LogP contribution < -0.4 is 0 Å². The van der Waals surface area contributed by atoms with Gasteiger partial charge in [-0.2, -0.15) is 5.26 Å². The highest BCUT2D eigenvalue weighted by atomic mass is 16.4. The zero-order valence-corrected chi connectivity index (χ0v) is 14.7. The molecule has 1 spiro atoms. The number of hydrogen-bond acceptors (Lipinski definition) is 4. The molecule has 134 valence electrons. The second-order valence-electron chi connectivity index (χ2n) is 7.44. The lowest BCUT2D eigenvalue weighted by molar-refractivity contribution is -0.147. The first kappa shape index (κ1) is 17.5. The van der Waals surface area contributed by atoms with Crippen LogP contribution in [0.15, 0.2) is 12.3 Å². The van der Waals surface area contributed by atoms with Gasteiger partial charge in [-0.05, 0) is 49.4 Å². The van der Waals surface area contributed by atoms with Crippen LogP contribution in [0, 0.1) is 16.7 Å². The van der Waals surface area contributed by atoms with E-state index in [2.05, 4.69) is 11.0 Å². The van der Waals surface area contributed by atoms with E-state index in [1.165, 1.54) is 11.8 Å². The second kappa shape index (κ2) is 6.52. The maximum atomic E-state index is 11.8. The Bertz CT molecular complexity index is 701. The summed E-state index contributed by atoms with van der Waals surface area (Å²) in [4.78, 5) is 27.1. The third-order valence-corrected chi connectivity index (χ3v) is 5.70. The molecule has 1 atom stereocenters. The van der Waals surface area contributed by atoms with E-state index in [4.69, 9.17) is 5.26 Å². The van der Waals surface area contributed by atoms with Crippen molar-refractivity contribution < 1.29 is 14.7 Å². The highest BCUT2D eigenvalue weighted by Gasteiger charge is 2.49. The highest BCUT2D eigenvalue weighted by Crippen LogP contribution is 2.43. The van der Waals surface area contributed by atoms with Crippen LogP contribution in [-0.2, 0) is 23.2 Å². The first-order valence-electron chi connectivity index (χ1n) is 8.61. The van der Waals surface area contributed by atoms with Gasteiger partial charge in [-0.15, -0.1) is 0 Å². The molecular weight excluding hydrogens is 320 g/mol. The molecule has 0 bridgehead atoms. The molecule has 2 aliphatic heterocycles. The summed E-state index contributed by atoms with van der Waals surface area (Å²) in [6, 6.07) is 3.41. The van der Waals surface area contributed by atoms with Crippen molar-refractivity contribution in [3.63, 3.8) is 0 Å². The summed E-state index contributed by atoms with van der Waals surface area (Å²) in [7, 11) is 1.87. The summed E-state index contributed by atoms with van der Waals surface area (Å²) >= 11 is 0. The number of rotatable bonds is 3. The van der Waals surface area contributed by atoms with E-state index in [9.17, 15) is 14.7 Å². The number of aromatic nitrogens is 1. The third kappa shape index (κ3) is 3.40. The summed E-state index contributed by atoms with van der Waals surface area (Å²) in [5.41, 5.74) is 1.70. The molecule has 0 unspecified atom stereocenters. The molecule has 0 saturated carbocycles. The van der Waals surface area contributed by atoms with Gasteiger partial charge in [-0.3, -0.25) is 9.69 Å². The average Bonchev–Trinajstić information content (AvgIpc) is 3.11. The van der Waals surface area contributed by atoms with E-state index in [1.807, 2.05) is 23.9 Å². The number of aliphatic carboxylic acids is 1. The summed E-state index contributed by atoms with van der Waals surface area (Å²) in [6.07, 6.45) is 4.34. The van der Waals surface area contributed by atoms with Crippen molar-refractivity contribution in [2.45, 2.75) is 38.8 Å². The van der Waals surface area contributed by atoms with Gasteiger partial charge in [0, 0.05) is 33.3 Å². The minimum atomic E-state index is -0.900. The molecule has 0 aromatic carbocycles. The van der Waals surface area contributed by atoms with Crippen LogP contribution in [0.25, 0.3) is 0 Å². The summed E-state index contributed by atoms with van der Waals surface area (Å²) in [5.74, 6) is -1.05. The zero-order valence-electron chi connectivity index (χ0n) is 14.7. The van der Waals surface area contributed by atoms with Gasteiger partial charge in [0.1, 0.15) is 17.8 Å². The van der Waals surface area contributed by atoms with Crippen LogP contribution in [0.3, 0.4) is 0 Å². The fourth-order valence-corrected chi connectivity index (χ4v) is 4.24. The Labute approximate surface area is 147 Å². The lowest BCUT2D eigenvalue weighted by atomic mass is 9.76. The first-order chi connectivity index (χ1) is 11.8. The van der Waals surface area contributed by atoms with Crippen LogP contribution >= 0.6 is 0 Å². The van der Waals surface area contributed by atoms with Gasteiger partial charge in [0.15, 0.2) is 0 Å². The van der Waals surface area contributed by atoms with Crippen molar-refractivity contribution >= 4 is 11.9 Å². The number of carbonyl (C=O) groups excluding carboxylic acids is 1. The Morgan fingerprint density at radius 3 is 2.56 bits per heavy atom. The normalized spacial score (nSPS) is 22.9.